The van der Waals surface area contributed by atoms with Gasteiger partial charge in [0.25, 0.3) is 5.91 Å². The van der Waals surface area contributed by atoms with E-state index < -0.39 is 0 Å². The minimum atomic E-state index is -0.193. The Bertz CT molecular complexity index is 401. The molecule has 1 fully saturated rings. The summed E-state index contributed by atoms with van der Waals surface area (Å²) in [5.74, 6) is 5.04. The van der Waals surface area contributed by atoms with Crippen LogP contribution in [-0.4, -0.2) is 29.6 Å². The lowest BCUT2D eigenvalue weighted by Crippen LogP contribution is -2.41. The van der Waals surface area contributed by atoms with Gasteiger partial charge in [0.1, 0.15) is 5.69 Å². The molecule has 0 spiro atoms. The molecule has 98 valence electrons. The summed E-state index contributed by atoms with van der Waals surface area (Å²) < 4.78 is 5.53. The first kappa shape index (κ1) is 12.8. The Morgan fingerprint density at radius 3 is 3.00 bits per heavy atom. The first-order valence-electron chi connectivity index (χ1n) is 6.06. The molecule has 0 aromatic carbocycles. The van der Waals surface area contributed by atoms with Crippen molar-refractivity contribution in [1.82, 2.24) is 10.3 Å². The average molecular weight is 250 g/mol. The Hall–Kier alpha value is -1.66. The number of nitrogen functional groups attached to an aromatic ring is 1. The molecule has 18 heavy (non-hydrogen) atoms. The van der Waals surface area contributed by atoms with Crippen LogP contribution in [0, 0.1) is 0 Å². The van der Waals surface area contributed by atoms with E-state index in [-0.39, 0.29) is 18.1 Å². The molecule has 1 aromatic heterocycles. The van der Waals surface area contributed by atoms with Crippen LogP contribution < -0.4 is 16.6 Å². The molecule has 0 saturated carbocycles. The third-order valence-electron chi connectivity index (χ3n) is 3.04. The minimum Gasteiger partial charge on any atom is -0.376 e. The number of nitrogens with two attached hydrogens (primary N) is 1. The lowest BCUT2D eigenvalue weighted by atomic mass is 10.1. The van der Waals surface area contributed by atoms with Crippen LogP contribution >= 0.6 is 0 Å². The standard InChI is InChI=1S/C12H18N4O2/c1-8(11-3-2-6-18-11)15-12(17)10-5-4-9(16-13)7-14-10/h4-5,7-8,11,16H,2-3,6,13H2,1H3,(H,15,17). The van der Waals surface area contributed by atoms with E-state index >= 15 is 0 Å². The van der Waals surface area contributed by atoms with Crippen molar-refractivity contribution in [2.75, 3.05) is 12.0 Å². The first-order valence-corrected chi connectivity index (χ1v) is 6.06. The monoisotopic (exact) mass is 250 g/mol. The Kier molecular flexibility index (Phi) is 4.11. The molecule has 1 amide bonds. The summed E-state index contributed by atoms with van der Waals surface area (Å²) in [6.45, 7) is 2.73. The van der Waals surface area contributed by atoms with Gasteiger partial charge < -0.3 is 15.5 Å². The Morgan fingerprint density at radius 2 is 2.44 bits per heavy atom. The van der Waals surface area contributed by atoms with E-state index in [1.54, 1.807) is 12.1 Å². The van der Waals surface area contributed by atoms with Gasteiger partial charge in [0.2, 0.25) is 0 Å². The van der Waals surface area contributed by atoms with Crippen LogP contribution in [0.4, 0.5) is 5.69 Å². The predicted molar refractivity (Wildman–Crippen MR) is 67.9 cm³/mol. The third kappa shape index (κ3) is 2.96. The maximum Gasteiger partial charge on any atom is 0.270 e. The molecule has 6 heteroatoms. The summed E-state index contributed by atoms with van der Waals surface area (Å²) in [6, 6.07) is 3.33. The number of pyridine rings is 1. The molecular weight excluding hydrogens is 232 g/mol. The van der Waals surface area contributed by atoms with E-state index in [0.717, 1.165) is 19.4 Å². The zero-order valence-electron chi connectivity index (χ0n) is 10.3. The molecule has 1 saturated heterocycles. The van der Waals surface area contributed by atoms with Gasteiger partial charge >= 0.3 is 0 Å². The summed E-state index contributed by atoms with van der Waals surface area (Å²) in [5.41, 5.74) is 3.50. The van der Waals surface area contributed by atoms with Gasteiger partial charge in [-0.3, -0.25) is 10.6 Å². The molecule has 2 unspecified atom stereocenters. The van der Waals surface area contributed by atoms with Gasteiger partial charge in [-0.1, -0.05) is 0 Å². The molecule has 2 heterocycles. The topological polar surface area (TPSA) is 89.3 Å². The highest BCUT2D eigenvalue weighted by molar-refractivity contribution is 5.92. The number of carbonyl (C=O) groups is 1. The van der Waals surface area contributed by atoms with Crippen molar-refractivity contribution in [3.05, 3.63) is 24.0 Å². The number of rotatable bonds is 4. The van der Waals surface area contributed by atoms with Crippen molar-refractivity contribution in [2.24, 2.45) is 5.84 Å². The molecule has 6 nitrogen and oxygen atoms in total. The van der Waals surface area contributed by atoms with E-state index in [1.165, 1.54) is 6.20 Å². The second-order valence-corrected chi connectivity index (χ2v) is 4.39. The molecule has 0 bridgehead atoms. The van der Waals surface area contributed by atoms with Crippen LogP contribution in [-0.2, 0) is 4.74 Å². The second-order valence-electron chi connectivity index (χ2n) is 4.39. The highest BCUT2D eigenvalue weighted by atomic mass is 16.5. The van der Waals surface area contributed by atoms with Crippen molar-refractivity contribution in [3.63, 3.8) is 0 Å². The van der Waals surface area contributed by atoms with Crippen LogP contribution in [0.2, 0.25) is 0 Å². The van der Waals surface area contributed by atoms with Gasteiger partial charge in [-0.15, -0.1) is 0 Å². The number of nitrogens with one attached hydrogen (secondary N) is 2. The molecule has 1 aromatic rings. The number of ether oxygens (including phenoxy) is 1. The fourth-order valence-corrected chi connectivity index (χ4v) is 1.98. The third-order valence-corrected chi connectivity index (χ3v) is 3.04. The predicted octanol–water partition coefficient (Wildman–Crippen LogP) is 0.664. The van der Waals surface area contributed by atoms with Crippen LogP contribution in [0.25, 0.3) is 0 Å². The van der Waals surface area contributed by atoms with Gasteiger partial charge in [-0.25, -0.2) is 4.98 Å². The normalized spacial score (nSPS) is 20.4. The van der Waals surface area contributed by atoms with Crippen molar-refractivity contribution >= 4 is 11.6 Å². The SMILES string of the molecule is CC(NC(=O)c1ccc(NN)cn1)C1CCCO1. The number of nitrogens with zero attached hydrogens (tertiary/aromatic N) is 1. The average Bonchev–Trinajstić information content (AvgIpc) is 2.92. The molecule has 0 aliphatic carbocycles. The molecule has 2 rings (SSSR count). The van der Waals surface area contributed by atoms with Crippen LogP contribution in [0.3, 0.4) is 0 Å². The number of hydrazine groups is 1. The fraction of sp³-hybridized carbons (Fsp3) is 0.500. The maximum atomic E-state index is 11.9. The van der Waals surface area contributed by atoms with Gasteiger partial charge in [0, 0.05) is 6.61 Å². The van der Waals surface area contributed by atoms with Gasteiger partial charge in [-0.2, -0.15) is 0 Å². The zero-order valence-corrected chi connectivity index (χ0v) is 10.3. The molecule has 4 N–H and O–H groups in total. The molecule has 2 atom stereocenters. The quantitative estimate of drug-likeness (QED) is 0.539. The number of anilines is 1. The number of hydrogen-bond acceptors (Lipinski definition) is 5. The smallest absolute Gasteiger partial charge is 0.270 e. The molecule has 0 radical (unpaired) electrons. The number of hydrogen-bond donors (Lipinski definition) is 3. The van der Waals surface area contributed by atoms with Crippen molar-refractivity contribution < 1.29 is 9.53 Å². The minimum absolute atomic E-state index is 0.00545. The lowest BCUT2D eigenvalue weighted by molar-refractivity contribution is 0.0709. The van der Waals surface area contributed by atoms with E-state index in [1.807, 2.05) is 6.92 Å². The number of aromatic nitrogens is 1. The maximum absolute atomic E-state index is 11.9. The summed E-state index contributed by atoms with van der Waals surface area (Å²) >= 11 is 0. The van der Waals surface area contributed by atoms with E-state index in [2.05, 4.69) is 15.7 Å². The highest BCUT2D eigenvalue weighted by Gasteiger charge is 2.24. The summed E-state index contributed by atoms with van der Waals surface area (Å²) in [7, 11) is 0. The van der Waals surface area contributed by atoms with Crippen molar-refractivity contribution in [1.29, 1.82) is 0 Å². The summed E-state index contributed by atoms with van der Waals surface area (Å²) in [6.07, 6.45) is 3.68. The number of carbonyl (C=O) groups excluding carboxylic acids is 1. The first-order chi connectivity index (χ1) is 8.70. The second kappa shape index (κ2) is 5.79. The Labute approximate surface area is 106 Å². The summed E-state index contributed by atoms with van der Waals surface area (Å²) in [5, 5.41) is 2.90. The van der Waals surface area contributed by atoms with Crippen LogP contribution in [0.1, 0.15) is 30.3 Å². The Morgan fingerprint density at radius 1 is 1.61 bits per heavy atom. The lowest BCUT2D eigenvalue weighted by Gasteiger charge is -2.19. The van der Waals surface area contributed by atoms with Gasteiger partial charge in [-0.05, 0) is 31.9 Å². The van der Waals surface area contributed by atoms with E-state index in [4.69, 9.17) is 10.6 Å². The number of amides is 1. The van der Waals surface area contributed by atoms with Gasteiger partial charge in [0.15, 0.2) is 0 Å². The van der Waals surface area contributed by atoms with E-state index in [9.17, 15) is 4.79 Å². The van der Waals surface area contributed by atoms with Crippen LogP contribution in [0.5, 0.6) is 0 Å². The fourth-order valence-electron chi connectivity index (χ4n) is 1.98. The molecule has 1 aliphatic rings. The highest BCUT2D eigenvalue weighted by Crippen LogP contribution is 2.15. The molecule has 1 aliphatic heterocycles. The largest absolute Gasteiger partial charge is 0.376 e. The van der Waals surface area contributed by atoms with Gasteiger partial charge in [0.05, 0.1) is 24.0 Å². The van der Waals surface area contributed by atoms with E-state index in [0.29, 0.717) is 11.4 Å². The Balaban J connectivity index is 1.93. The molecular formula is C12H18N4O2. The summed E-state index contributed by atoms with van der Waals surface area (Å²) in [4.78, 5) is 16.0. The van der Waals surface area contributed by atoms with Crippen molar-refractivity contribution in [2.45, 2.75) is 31.9 Å². The van der Waals surface area contributed by atoms with Crippen LogP contribution in [0.15, 0.2) is 18.3 Å². The zero-order chi connectivity index (χ0) is 13.0. The van der Waals surface area contributed by atoms with Crippen molar-refractivity contribution in [3.8, 4) is 0 Å².